The number of hydrogen-bond acceptors (Lipinski definition) is 5. The minimum atomic E-state index is -0.504. The van der Waals surface area contributed by atoms with Gasteiger partial charge in [-0.05, 0) is 44.0 Å². The molecular weight excluding hydrogens is 330 g/mol. The summed E-state index contributed by atoms with van der Waals surface area (Å²) in [6.45, 7) is 2.73. The van der Waals surface area contributed by atoms with Crippen LogP contribution in [0.25, 0.3) is 17.2 Å². The lowest BCUT2D eigenvalue weighted by molar-refractivity contribution is 0.00758. The van der Waals surface area contributed by atoms with Gasteiger partial charge < -0.3 is 10.5 Å². The van der Waals surface area contributed by atoms with Crippen LogP contribution in [0.5, 0.6) is 0 Å². The molecule has 3 aromatic rings. The molecule has 132 valence electrons. The van der Waals surface area contributed by atoms with Gasteiger partial charge in [-0.3, -0.25) is 4.79 Å². The highest BCUT2D eigenvalue weighted by atomic mass is 16.5. The molecule has 4 rings (SSSR count). The van der Waals surface area contributed by atoms with Gasteiger partial charge in [0.1, 0.15) is 5.60 Å². The number of nitrogens with two attached hydrogens (primary N) is 1. The molecule has 1 aliphatic rings. The molecule has 0 bridgehead atoms. The van der Waals surface area contributed by atoms with Crippen LogP contribution in [-0.4, -0.2) is 32.3 Å². The normalized spacial score (nSPS) is 19.6. The maximum atomic E-state index is 11.3. The second-order valence-electron chi connectivity index (χ2n) is 6.48. The zero-order valence-electron chi connectivity index (χ0n) is 14.4. The summed E-state index contributed by atoms with van der Waals surface area (Å²) in [6.07, 6.45) is 3.58. The highest BCUT2D eigenvalue weighted by molar-refractivity contribution is 5.93. The molecule has 0 spiro atoms. The van der Waals surface area contributed by atoms with Crippen LogP contribution in [0.15, 0.2) is 48.7 Å². The number of primary amides is 1. The van der Waals surface area contributed by atoms with Gasteiger partial charge in [0, 0.05) is 23.9 Å². The van der Waals surface area contributed by atoms with Crippen molar-refractivity contribution in [3.63, 3.8) is 0 Å². The fraction of sp³-hybridized carbons (Fsp3) is 0.263. The first kappa shape index (κ1) is 16.4. The van der Waals surface area contributed by atoms with E-state index in [2.05, 4.69) is 10.1 Å². The SMILES string of the molecule is CC1(c2nc(-c3ccc(C(N)=O)cc3)nn2-c2ccccn2)CCCO1. The molecular formula is C19H19N5O2. The molecule has 0 saturated carbocycles. The van der Waals surface area contributed by atoms with E-state index in [9.17, 15) is 4.79 Å². The van der Waals surface area contributed by atoms with Crippen molar-refractivity contribution in [2.45, 2.75) is 25.4 Å². The van der Waals surface area contributed by atoms with Crippen molar-refractivity contribution in [3.8, 4) is 17.2 Å². The van der Waals surface area contributed by atoms with Gasteiger partial charge in [0.15, 0.2) is 17.5 Å². The van der Waals surface area contributed by atoms with E-state index in [0.717, 1.165) is 24.2 Å². The number of aromatic nitrogens is 4. The molecule has 0 radical (unpaired) electrons. The van der Waals surface area contributed by atoms with Crippen molar-refractivity contribution in [1.29, 1.82) is 0 Å². The molecule has 1 atom stereocenters. The molecule has 1 aliphatic heterocycles. The van der Waals surface area contributed by atoms with E-state index in [1.807, 2.05) is 25.1 Å². The maximum Gasteiger partial charge on any atom is 0.248 e. The second kappa shape index (κ2) is 6.34. The van der Waals surface area contributed by atoms with E-state index in [4.69, 9.17) is 15.5 Å². The summed E-state index contributed by atoms with van der Waals surface area (Å²) in [7, 11) is 0. The quantitative estimate of drug-likeness (QED) is 0.780. The highest BCUT2D eigenvalue weighted by Crippen LogP contribution is 2.36. The third-order valence-electron chi connectivity index (χ3n) is 4.59. The smallest absolute Gasteiger partial charge is 0.248 e. The number of carbonyl (C=O) groups is 1. The first-order valence-electron chi connectivity index (χ1n) is 8.50. The van der Waals surface area contributed by atoms with Crippen LogP contribution in [0.4, 0.5) is 0 Å². The van der Waals surface area contributed by atoms with E-state index < -0.39 is 11.5 Å². The predicted octanol–water partition coefficient (Wildman–Crippen LogP) is 2.45. The summed E-state index contributed by atoms with van der Waals surface area (Å²) < 4.78 is 7.71. The van der Waals surface area contributed by atoms with Gasteiger partial charge in [0.05, 0.1) is 0 Å². The Morgan fingerprint density at radius 2 is 2.04 bits per heavy atom. The summed E-state index contributed by atoms with van der Waals surface area (Å²) in [4.78, 5) is 20.4. The number of amides is 1. The lowest BCUT2D eigenvalue weighted by Crippen LogP contribution is -2.25. The number of ether oxygens (including phenoxy) is 1. The molecule has 0 aliphatic carbocycles. The molecule has 1 unspecified atom stereocenters. The summed E-state index contributed by atoms with van der Waals surface area (Å²) >= 11 is 0. The van der Waals surface area contributed by atoms with Crippen LogP contribution in [0.1, 0.15) is 35.9 Å². The molecule has 2 aromatic heterocycles. The molecule has 26 heavy (non-hydrogen) atoms. The van der Waals surface area contributed by atoms with Gasteiger partial charge in [0.2, 0.25) is 5.91 Å². The fourth-order valence-electron chi connectivity index (χ4n) is 3.15. The Kier molecular flexibility index (Phi) is 4.00. The molecule has 1 amide bonds. The van der Waals surface area contributed by atoms with Crippen LogP contribution in [0.3, 0.4) is 0 Å². The summed E-state index contributed by atoms with van der Waals surface area (Å²) in [5.41, 5.74) is 6.05. The molecule has 7 nitrogen and oxygen atoms in total. The molecule has 1 fully saturated rings. The Bertz CT molecular complexity index is 928. The summed E-state index contributed by atoms with van der Waals surface area (Å²) in [5.74, 6) is 1.50. The molecule has 7 heteroatoms. The van der Waals surface area contributed by atoms with Crippen LogP contribution < -0.4 is 5.73 Å². The standard InChI is InChI=1S/C19H19N5O2/c1-19(10-4-12-26-19)18-22-17(14-8-6-13(7-9-14)16(20)25)23-24(18)15-5-2-3-11-21-15/h2-3,5-9,11H,4,10,12H2,1H3,(H2,20,25). The lowest BCUT2D eigenvalue weighted by atomic mass is 10.0. The minimum Gasteiger partial charge on any atom is -0.367 e. The lowest BCUT2D eigenvalue weighted by Gasteiger charge is -2.22. The maximum absolute atomic E-state index is 11.3. The van der Waals surface area contributed by atoms with Crippen LogP contribution >= 0.6 is 0 Å². The topological polar surface area (TPSA) is 95.9 Å². The van der Waals surface area contributed by atoms with Crippen LogP contribution in [0, 0.1) is 0 Å². The third kappa shape index (κ3) is 2.86. The van der Waals surface area contributed by atoms with Crippen molar-refractivity contribution in [3.05, 3.63) is 60.0 Å². The number of benzene rings is 1. The Morgan fingerprint density at radius 1 is 1.23 bits per heavy atom. The van der Waals surface area contributed by atoms with Gasteiger partial charge in [-0.15, -0.1) is 5.10 Å². The number of hydrogen-bond donors (Lipinski definition) is 1. The van der Waals surface area contributed by atoms with Gasteiger partial charge in [-0.2, -0.15) is 4.68 Å². The average molecular weight is 349 g/mol. The van der Waals surface area contributed by atoms with Crippen molar-refractivity contribution in [2.75, 3.05) is 6.61 Å². The molecule has 3 heterocycles. The van der Waals surface area contributed by atoms with Crippen LogP contribution in [0.2, 0.25) is 0 Å². The van der Waals surface area contributed by atoms with Crippen molar-refractivity contribution in [1.82, 2.24) is 19.7 Å². The summed E-state index contributed by atoms with van der Waals surface area (Å²) in [5, 5.41) is 4.66. The first-order chi connectivity index (χ1) is 12.6. The zero-order chi connectivity index (χ0) is 18.1. The van der Waals surface area contributed by atoms with E-state index in [0.29, 0.717) is 23.8 Å². The molecule has 1 aromatic carbocycles. The largest absolute Gasteiger partial charge is 0.367 e. The molecule has 2 N–H and O–H groups in total. The highest BCUT2D eigenvalue weighted by Gasteiger charge is 2.38. The fourth-order valence-corrected chi connectivity index (χ4v) is 3.15. The third-order valence-corrected chi connectivity index (χ3v) is 4.59. The van der Waals surface area contributed by atoms with E-state index in [1.165, 1.54) is 0 Å². The van der Waals surface area contributed by atoms with E-state index >= 15 is 0 Å². The Morgan fingerprint density at radius 3 is 2.65 bits per heavy atom. The number of pyridine rings is 1. The monoisotopic (exact) mass is 349 g/mol. The average Bonchev–Trinajstić information content (AvgIpc) is 3.30. The van der Waals surface area contributed by atoms with Crippen molar-refractivity contribution < 1.29 is 9.53 Å². The van der Waals surface area contributed by atoms with E-state index in [-0.39, 0.29) is 0 Å². The Balaban J connectivity index is 1.82. The first-order valence-corrected chi connectivity index (χ1v) is 8.50. The van der Waals surface area contributed by atoms with Gasteiger partial charge in [-0.1, -0.05) is 18.2 Å². The van der Waals surface area contributed by atoms with Gasteiger partial charge >= 0.3 is 0 Å². The Labute approximate surface area is 150 Å². The zero-order valence-corrected chi connectivity index (χ0v) is 14.4. The van der Waals surface area contributed by atoms with Crippen molar-refractivity contribution >= 4 is 5.91 Å². The van der Waals surface area contributed by atoms with Gasteiger partial charge in [0.25, 0.3) is 0 Å². The van der Waals surface area contributed by atoms with Crippen molar-refractivity contribution in [2.24, 2.45) is 5.73 Å². The van der Waals surface area contributed by atoms with Crippen LogP contribution in [-0.2, 0) is 10.3 Å². The van der Waals surface area contributed by atoms with E-state index in [1.54, 1.807) is 35.1 Å². The number of rotatable bonds is 4. The van der Waals surface area contributed by atoms with Gasteiger partial charge in [-0.25, -0.2) is 9.97 Å². The number of carbonyl (C=O) groups excluding carboxylic acids is 1. The Hall–Kier alpha value is -3.06. The number of nitrogens with zero attached hydrogens (tertiary/aromatic N) is 4. The molecule has 1 saturated heterocycles. The second-order valence-corrected chi connectivity index (χ2v) is 6.48. The predicted molar refractivity (Wildman–Crippen MR) is 95.6 cm³/mol. The minimum absolute atomic E-state index is 0.448. The summed E-state index contributed by atoms with van der Waals surface area (Å²) in [6, 6.07) is 12.6.